The van der Waals surface area contributed by atoms with Crippen molar-refractivity contribution in [2.45, 2.75) is 17.9 Å². The molecule has 1 heterocycles. The topological polar surface area (TPSA) is 85.3 Å². The van der Waals surface area contributed by atoms with E-state index in [1.807, 2.05) is 0 Å². The lowest BCUT2D eigenvalue weighted by Crippen LogP contribution is -2.27. The molecule has 8 heteroatoms. The van der Waals surface area contributed by atoms with Crippen molar-refractivity contribution in [1.82, 2.24) is 4.72 Å². The van der Waals surface area contributed by atoms with Crippen LogP contribution in [-0.2, 0) is 10.0 Å². The summed E-state index contributed by atoms with van der Waals surface area (Å²) in [7, 11) is -3.78. The number of nitrogens with one attached hydrogen (secondary N) is 1. The Labute approximate surface area is 133 Å². The first-order valence-corrected chi connectivity index (χ1v) is 8.23. The van der Waals surface area contributed by atoms with Crippen LogP contribution in [0.3, 0.4) is 0 Å². The molecular formula is C13H13ClN2O3S2. The molecule has 0 saturated heterocycles. The highest BCUT2D eigenvalue weighted by molar-refractivity contribution is 7.89. The van der Waals surface area contributed by atoms with Crippen LogP contribution in [0.1, 0.15) is 24.3 Å². The molecule has 5 nitrogen and oxygen atoms in total. The van der Waals surface area contributed by atoms with Gasteiger partial charge < -0.3 is 10.2 Å². The second-order valence-corrected chi connectivity index (χ2v) is 6.90. The number of sulfonamides is 1. The quantitative estimate of drug-likeness (QED) is 0.814. The number of rotatable bonds is 5. The molecule has 2 aromatic rings. The maximum absolute atomic E-state index is 12.3. The zero-order valence-electron chi connectivity index (χ0n) is 11.0. The standard InChI is InChI=1S/C13H13ClN2O3S2/c1-8(11-3-2-6-19-11)16-21(17,18)12-5-4-9(13(15)20)7-10(12)14/h2-8,16H,1H3,(H2,15,20). The number of hydrogen-bond acceptors (Lipinski definition) is 4. The normalized spacial score (nSPS) is 13.0. The number of halogens is 1. The molecule has 0 aliphatic carbocycles. The highest BCUT2D eigenvalue weighted by Gasteiger charge is 2.22. The molecule has 112 valence electrons. The van der Waals surface area contributed by atoms with Crippen LogP contribution >= 0.6 is 23.8 Å². The summed E-state index contributed by atoms with van der Waals surface area (Å²) in [5.41, 5.74) is 5.99. The molecular weight excluding hydrogens is 332 g/mol. The van der Waals surface area contributed by atoms with E-state index in [1.54, 1.807) is 19.1 Å². The molecule has 1 unspecified atom stereocenters. The summed E-state index contributed by atoms with van der Waals surface area (Å²) in [5, 5.41) is 0.0550. The third-order valence-corrected chi connectivity index (χ3v) is 5.07. The van der Waals surface area contributed by atoms with Crippen molar-refractivity contribution in [3.8, 4) is 0 Å². The molecule has 0 fully saturated rings. The highest BCUT2D eigenvalue weighted by atomic mass is 35.5. The van der Waals surface area contributed by atoms with Gasteiger partial charge in [0.05, 0.1) is 17.3 Å². The van der Waals surface area contributed by atoms with Gasteiger partial charge in [0.2, 0.25) is 10.0 Å². The lowest BCUT2D eigenvalue weighted by Gasteiger charge is -2.13. The number of benzene rings is 1. The highest BCUT2D eigenvalue weighted by Crippen LogP contribution is 2.24. The van der Waals surface area contributed by atoms with Gasteiger partial charge in [-0.25, -0.2) is 13.1 Å². The molecule has 1 aromatic carbocycles. The Bertz CT molecular complexity index is 758. The summed E-state index contributed by atoms with van der Waals surface area (Å²) in [6.07, 6.45) is 1.48. The van der Waals surface area contributed by atoms with Crippen LogP contribution in [0.4, 0.5) is 0 Å². The molecule has 0 spiro atoms. The summed E-state index contributed by atoms with van der Waals surface area (Å²) in [5.74, 6) is 0.509. The maximum Gasteiger partial charge on any atom is 0.242 e. The summed E-state index contributed by atoms with van der Waals surface area (Å²) in [6, 6.07) is 7.16. The molecule has 3 N–H and O–H groups in total. The van der Waals surface area contributed by atoms with Crippen molar-refractivity contribution in [2.24, 2.45) is 5.73 Å². The Morgan fingerprint density at radius 1 is 1.43 bits per heavy atom. The lowest BCUT2D eigenvalue weighted by atomic mass is 10.2. The van der Waals surface area contributed by atoms with Gasteiger partial charge in [0.1, 0.15) is 15.6 Å². The predicted molar refractivity (Wildman–Crippen MR) is 84.8 cm³/mol. The second kappa shape index (κ2) is 6.15. The van der Waals surface area contributed by atoms with Gasteiger partial charge in [-0.2, -0.15) is 0 Å². The van der Waals surface area contributed by atoms with Crippen molar-refractivity contribution < 1.29 is 12.8 Å². The first-order valence-electron chi connectivity index (χ1n) is 5.96. The molecule has 1 atom stereocenters. The first kappa shape index (κ1) is 16.0. The number of furan rings is 1. The molecule has 21 heavy (non-hydrogen) atoms. The fourth-order valence-electron chi connectivity index (χ4n) is 1.76. The average molecular weight is 345 g/mol. The lowest BCUT2D eigenvalue weighted by molar-refractivity contribution is 0.459. The third kappa shape index (κ3) is 3.62. The Balaban J connectivity index is 2.29. The molecule has 0 amide bonds. The van der Waals surface area contributed by atoms with Gasteiger partial charge in [0.25, 0.3) is 0 Å². The first-order chi connectivity index (χ1) is 9.81. The number of thiocarbonyl (C=S) groups is 1. The van der Waals surface area contributed by atoms with Crippen LogP contribution in [0.25, 0.3) is 0 Å². The van der Waals surface area contributed by atoms with Crippen molar-refractivity contribution >= 4 is 38.8 Å². The molecule has 2 rings (SSSR count). The summed E-state index contributed by atoms with van der Waals surface area (Å²) in [6.45, 7) is 1.67. The van der Waals surface area contributed by atoms with E-state index in [1.165, 1.54) is 24.5 Å². The largest absolute Gasteiger partial charge is 0.468 e. The molecule has 0 radical (unpaired) electrons. The minimum Gasteiger partial charge on any atom is -0.468 e. The van der Waals surface area contributed by atoms with E-state index in [0.717, 1.165) is 0 Å². The predicted octanol–water partition coefficient (Wildman–Crippen LogP) is 2.61. The van der Waals surface area contributed by atoms with Crippen LogP contribution in [0.15, 0.2) is 45.9 Å². The minimum atomic E-state index is -3.78. The van der Waals surface area contributed by atoms with Crippen LogP contribution in [0.2, 0.25) is 5.02 Å². The van der Waals surface area contributed by atoms with Crippen molar-refractivity contribution in [3.05, 3.63) is 52.9 Å². The number of nitrogens with two attached hydrogens (primary N) is 1. The SMILES string of the molecule is CC(NS(=O)(=O)c1ccc(C(N)=S)cc1Cl)c1ccco1. The zero-order chi connectivity index (χ0) is 15.6. The average Bonchev–Trinajstić information content (AvgIpc) is 2.91. The van der Waals surface area contributed by atoms with E-state index in [-0.39, 0.29) is 14.9 Å². The van der Waals surface area contributed by atoms with Crippen molar-refractivity contribution in [1.29, 1.82) is 0 Å². The van der Waals surface area contributed by atoms with E-state index in [9.17, 15) is 8.42 Å². The number of hydrogen-bond donors (Lipinski definition) is 2. The second-order valence-electron chi connectivity index (χ2n) is 4.37. The monoisotopic (exact) mass is 344 g/mol. The van der Waals surface area contributed by atoms with E-state index in [4.69, 9.17) is 34.0 Å². The Morgan fingerprint density at radius 2 is 2.14 bits per heavy atom. The fourth-order valence-corrected chi connectivity index (χ4v) is 3.65. The van der Waals surface area contributed by atoms with Gasteiger partial charge in [0, 0.05) is 5.56 Å². The molecule has 0 saturated carbocycles. The zero-order valence-corrected chi connectivity index (χ0v) is 13.4. The van der Waals surface area contributed by atoms with Crippen molar-refractivity contribution in [3.63, 3.8) is 0 Å². The molecule has 0 aliphatic rings. The Hall–Kier alpha value is -1.41. The molecule has 0 aliphatic heterocycles. The van der Waals surface area contributed by atoms with E-state index < -0.39 is 16.1 Å². The third-order valence-electron chi connectivity index (χ3n) is 2.81. The fraction of sp³-hybridized carbons (Fsp3) is 0.154. The van der Waals surface area contributed by atoms with E-state index in [2.05, 4.69) is 4.72 Å². The Morgan fingerprint density at radius 3 is 2.67 bits per heavy atom. The van der Waals surface area contributed by atoms with Crippen molar-refractivity contribution in [2.75, 3.05) is 0 Å². The van der Waals surface area contributed by atoms with Crippen LogP contribution < -0.4 is 10.5 Å². The Kier molecular flexibility index (Phi) is 4.67. The minimum absolute atomic E-state index is 0.0393. The van der Waals surface area contributed by atoms with Gasteiger partial charge in [0.15, 0.2) is 0 Å². The summed E-state index contributed by atoms with van der Waals surface area (Å²) >= 11 is 10.8. The maximum atomic E-state index is 12.3. The van der Waals surface area contributed by atoms with E-state index in [0.29, 0.717) is 11.3 Å². The van der Waals surface area contributed by atoms with Gasteiger partial charge in [-0.15, -0.1) is 0 Å². The molecule has 0 bridgehead atoms. The van der Waals surface area contributed by atoms with E-state index >= 15 is 0 Å². The van der Waals surface area contributed by atoms with Crippen LogP contribution in [-0.4, -0.2) is 13.4 Å². The summed E-state index contributed by atoms with van der Waals surface area (Å²) < 4.78 is 32.3. The van der Waals surface area contributed by atoms with Gasteiger partial charge >= 0.3 is 0 Å². The summed E-state index contributed by atoms with van der Waals surface area (Å²) in [4.78, 5) is 0.111. The smallest absolute Gasteiger partial charge is 0.242 e. The van der Waals surface area contributed by atoms with Gasteiger partial charge in [-0.05, 0) is 31.2 Å². The van der Waals surface area contributed by atoms with Gasteiger partial charge in [-0.3, -0.25) is 0 Å². The van der Waals surface area contributed by atoms with Crippen LogP contribution in [0.5, 0.6) is 0 Å². The molecule has 1 aromatic heterocycles. The van der Waals surface area contributed by atoms with Gasteiger partial charge in [-0.1, -0.05) is 29.9 Å². The van der Waals surface area contributed by atoms with Crippen LogP contribution in [0, 0.1) is 0 Å².